The van der Waals surface area contributed by atoms with E-state index < -0.39 is 0 Å². The summed E-state index contributed by atoms with van der Waals surface area (Å²) >= 11 is 0.194. The second-order valence-electron chi connectivity index (χ2n) is 7.55. The molecule has 0 radical (unpaired) electrons. The summed E-state index contributed by atoms with van der Waals surface area (Å²) < 4.78 is 2.18. The maximum absolute atomic E-state index is 4.95. The summed E-state index contributed by atoms with van der Waals surface area (Å²) in [6, 6.07) is 19.0. The molecule has 0 aliphatic rings. The molecule has 0 spiro atoms. The first-order valence-electron chi connectivity index (χ1n) is 9.98. The van der Waals surface area contributed by atoms with Gasteiger partial charge in [0.2, 0.25) is 0 Å². The SMILES string of the molecule is CC(=NCc1ccccc1)c1ccc(C(C)=Nc2c(C)cc(C)cc2C)n1C.[Cl][Fe][Cl]. The van der Waals surface area contributed by atoms with E-state index >= 15 is 0 Å². The van der Waals surface area contributed by atoms with Gasteiger partial charge in [-0.05, 0) is 63.4 Å². The second kappa shape index (κ2) is 12.3. The summed E-state index contributed by atoms with van der Waals surface area (Å²) in [5.41, 5.74) is 10.3. The van der Waals surface area contributed by atoms with Crippen molar-refractivity contribution in [1.82, 2.24) is 4.57 Å². The van der Waals surface area contributed by atoms with Crippen molar-refractivity contribution in [1.29, 1.82) is 0 Å². The Kier molecular flexibility index (Phi) is 10.1. The van der Waals surface area contributed by atoms with Crippen LogP contribution >= 0.6 is 20.2 Å². The van der Waals surface area contributed by atoms with Gasteiger partial charge in [-0.25, -0.2) is 0 Å². The molecule has 6 heteroatoms. The molecule has 2 aromatic carbocycles. The van der Waals surface area contributed by atoms with E-state index in [9.17, 15) is 0 Å². The number of hydrogen-bond acceptors (Lipinski definition) is 2. The Morgan fingerprint density at radius 1 is 0.871 bits per heavy atom. The first-order chi connectivity index (χ1) is 14.8. The Hall–Kier alpha value is -1.84. The van der Waals surface area contributed by atoms with Gasteiger partial charge in [0.05, 0.1) is 35.0 Å². The number of nitrogens with zero attached hydrogens (tertiary/aromatic N) is 3. The second-order valence-corrected chi connectivity index (χ2v) is 9.37. The molecule has 1 heterocycles. The number of aryl methyl sites for hydroxylation is 3. The van der Waals surface area contributed by atoms with Crippen molar-refractivity contribution in [2.75, 3.05) is 0 Å². The molecule has 0 amide bonds. The predicted octanol–water partition coefficient (Wildman–Crippen LogP) is 7.48. The number of benzene rings is 2. The van der Waals surface area contributed by atoms with Gasteiger partial charge in [-0.1, -0.05) is 48.0 Å². The average molecular weight is 498 g/mol. The third kappa shape index (κ3) is 7.08. The van der Waals surface area contributed by atoms with Crippen LogP contribution in [0.15, 0.2) is 64.6 Å². The molecule has 3 aromatic rings. The first-order valence-corrected chi connectivity index (χ1v) is 13.0. The van der Waals surface area contributed by atoms with Crippen molar-refractivity contribution in [2.45, 2.75) is 41.2 Å². The molecular formula is C25H29Cl2FeN3. The summed E-state index contributed by atoms with van der Waals surface area (Å²) in [7, 11) is 11.6. The van der Waals surface area contributed by atoms with E-state index in [1.807, 2.05) is 6.07 Å². The van der Waals surface area contributed by atoms with E-state index in [-0.39, 0.29) is 13.1 Å². The van der Waals surface area contributed by atoms with E-state index in [0.717, 1.165) is 28.5 Å². The summed E-state index contributed by atoms with van der Waals surface area (Å²) in [6.07, 6.45) is 0. The quantitative estimate of drug-likeness (QED) is 0.258. The van der Waals surface area contributed by atoms with Crippen LogP contribution in [0.4, 0.5) is 5.69 Å². The molecule has 0 unspecified atom stereocenters. The minimum absolute atomic E-state index is 0.194. The Labute approximate surface area is 200 Å². The fourth-order valence-corrected chi connectivity index (χ4v) is 3.69. The van der Waals surface area contributed by atoms with Gasteiger partial charge in [0.25, 0.3) is 0 Å². The monoisotopic (exact) mass is 497 g/mol. The van der Waals surface area contributed by atoms with Gasteiger partial charge in [-0.3, -0.25) is 9.98 Å². The van der Waals surface area contributed by atoms with Crippen LogP contribution in [0.3, 0.4) is 0 Å². The zero-order chi connectivity index (χ0) is 23.0. The summed E-state index contributed by atoms with van der Waals surface area (Å²) in [6.45, 7) is 11.2. The molecular weight excluding hydrogens is 469 g/mol. The van der Waals surface area contributed by atoms with Crippen LogP contribution in [0.5, 0.6) is 0 Å². The van der Waals surface area contributed by atoms with E-state index in [1.54, 1.807) is 0 Å². The fraction of sp³-hybridized carbons (Fsp3) is 0.280. The van der Waals surface area contributed by atoms with E-state index in [1.165, 1.54) is 22.3 Å². The van der Waals surface area contributed by atoms with Gasteiger partial charge in [-0.15, -0.1) is 0 Å². The van der Waals surface area contributed by atoms with Gasteiger partial charge in [0.15, 0.2) is 0 Å². The molecule has 0 fully saturated rings. The summed E-state index contributed by atoms with van der Waals surface area (Å²) in [5, 5.41) is 0. The van der Waals surface area contributed by atoms with Crippen LogP contribution in [0.25, 0.3) is 0 Å². The molecule has 166 valence electrons. The van der Waals surface area contributed by atoms with Crippen molar-refractivity contribution in [3.63, 3.8) is 0 Å². The van der Waals surface area contributed by atoms with Crippen molar-refractivity contribution in [3.05, 3.63) is 88.2 Å². The van der Waals surface area contributed by atoms with E-state index in [0.29, 0.717) is 6.54 Å². The van der Waals surface area contributed by atoms with Crippen molar-refractivity contribution < 1.29 is 13.1 Å². The molecule has 3 rings (SSSR count). The standard InChI is InChI=1S/C25H29N3.2ClH.Fe/c1-17-14-18(2)25(19(3)15-17)27-21(5)24-13-12-23(28(24)6)20(4)26-16-22-10-8-7-9-11-22;;;/h7-15H,16H2,1-6H3;2*1H;/q;;;+2/p-2. The topological polar surface area (TPSA) is 29.6 Å². The van der Waals surface area contributed by atoms with Crippen LogP contribution in [-0.4, -0.2) is 16.0 Å². The van der Waals surface area contributed by atoms with Gasteiger partial charge in [0.1, 0.15) is 0 Å². The maximum atomic E-state index is 4.95. The molecule has 0 atom stereocenters. The first kappa shape index (κ1) is 25.4. The van der Waals surface area contributed by atoms with Gasteiger partial charge < -0.3 is 4.57 Å². The summed E-state index contributed by atoms with van der Waals surface area (Å²) in [5.74, 6) is 0. The molecule has 0 saturated carbocycles. The van der Waals surface area contributed by atoms with Crippen LogP contribution in [0.1, 0.15) is 47.5 Å². The Bertz CT molecular complexity index is 1050. The van der Waals surface area contributed by atoms with Crippen LogP contribution < -0.4 is 0 Å². The number of rotatable bonds is 5. The van der Waals surface area contributed by atoms with Gasteiger partial charge in [0, 0.05) is 7.05 Å². The molecule has 0 saturated heterocycles. The van der Waals surface area contributed by atoms with Crippen LogP contribution in [0, 0.1) is 20.8 Å². The number of aromatic nitrogens is 1. The zero-order valence-electron chi connectivity index (χ0n) is 18.9. The van der Waals surface area contributed by atoms with E-state index in [2.05, 4.69) is 94.8 Å². The molecule has 0 aliphatic carbocycles. The molecule has 1 aromatic heterocycles. The van der Waals surface area contributed by atoms with Crippen LogP contribution in [-0.2, 0) is 26.7 Å². The predicted molar refractivity (Wildman–Crippen MR) is 132 cm³/mol. The van der Waals surface area contributed by atoms with Crippen LogP contribution in [0.2, 0.25) is 0 Å². The Balaban J connectivity index is 0.00000107. The number of hydrogen-bond donors (Lipinski definition) is 0. The van der Waals surface area contributed by atoms with Crippen molar-refractivity contribution in [3.8, 4) is 0 Å². The number of aliphatic imine (C=N–C) groups is 2. The molecule has 31 heavy (non-hydrogen) atoms. The average Bonchev–Trinajstić information content (AvgIpc) is 3.11. The Morgan fingerprint density at radius 3 is 1.94 bits per heavy atom. The number of halogens is 2. The third-order valence-electron chi connectivity index (χ3n) is 5.12. The fourth-order valence-electron chi connectivity index (χ4n) is 3.69. The summed E-state index contributed by atoms with van der Waals surface area (Å²) in [4.78, 5) is 9.73. The zero-order valence-corrected chi connectivity index (χ0v) is 21.5. The van der Waals surface area contributed by atoms with E-state index in [4.69, 9.17) is 30.2 Å². The molecule has 0 N–H and O–H groups in total. The molecule has 0 aliphatic heterocycles. The van der Waals surface area contributed by atoms with Crippen molar-refractivity contribution >= 4 is 37.3 Å². The van der Waals surface area contributed by atoms with Gasteiger partial charge in [-0.2, -0.15) is 0 Å². The molecule has 3 nitrogen and oxygen atoms in total. The normalized spacial score (nSPS) is 12.0. The molecule has 0 bridgehead atoms. The third-order valence-corrected chi connectivity index (χ3v) is 5.12. The minimum atomic E-state index is 0.194. The Morgan fingerprint density at radius 2 is 1.39 bits per heavy atom. The van der Waals surface area contributed by atoms with Gasteiger partial charge >= 0.3 is 33.3 Å². The van der Waals surface area contributed by atoms with Crippen molar-refractivity contribution in [2.24, 2.45) is 17.0 Å².